The van der Waals surface area contributed by atoms with Crippen molar-refractivity contribution in [3.05, 3.63) is 35.4 Å². The Balaban J connectivity index is 1.60. The number of amides is 1. The number of hydrogen-bond donors (Lipinski definition) is 3. The lowest BCUT2D eigenvalue weighted by atomic mass is 9.47. The lowest BCUT2D eigenvalue weighted by Crippen LogP contribution is -2.61. The van der Waals surface area contributed by atoms with E-state index in [1.165, 1.54) is 19.3 Å². The molecule has 0 aromatic heterocycles. The van der Waals surface area contributed by atoms with E-state index >= 15 is 0 Å². The fourth-order valence-corrected chi connectivity index (χ4v) is 6.13. The molecule has 0 unspecified atom stereocenters. The van der Waals surface area contributed by atoms with Gasteiger partial charge in [-0.15, -0.1) is 0 Å². The van der Waals surface area contributed by atoms with E-state index in [-0.39, 0.29) is 11.0 Å². The van der Waals surface area contributed by atoms with Crippen molar-refractivity contribution in [1.82, 2.24) is 5.32 Å². The highest BCUT2D eigenvalue weighted by Gasteiger charge is 2.56. The van der Waals surface area contributed by atoms with Gasteiger partial charge in [-0.05, 0) is 67.8 Å². The van der Waals surface area contributed by atoms with Crippen LogP contribution in [-0.2, 0) is 0 Å². The van der Waals surface area contributed by atoms with Gasteiger partial charge in [0, 0.05) is 11.1 Å². The molecule has 1 aromatic rings. The zero-order chi connectivity index (χ0) is 17.6. The number of hydrogen-bond acceptors (Lipinski definition) is 4. The van der Waals surface area contributed by atoms with Crippen LogP contribution in [0.2, 0.25) is 0 Å². The second-order valence-electron chi connectivity index (χ2n) is 8.35. The highest BCUT2D eigenvalue weighted by molar-refractivity contribution is 6.01. The Kier molecular flexibility index (Phi) is 4.16. The number of rotatable bonds is 5. The van der Waals surface area contributed by atoms with Crippen molar-refractivity contribution in [3.8, 4) is 0 Å². The van der Waals surface area contributed by atoms with Crippen molar-refractivity contribution in [3.63, 3.8) is 0 Å². The van der Waals surface area contributed by atoms with Gasteiger partial charge in [0.25, 0.3) is 5.91 Å². The predicted molar refractivity (Wildman–Crippen MR) is 91.9 cm³/mol. The van der Waals surface area contributed by atoms with Crippen LogP contribution in [0.15, 0.2) is 24.3 Å². The molecule has 0 saturated heterocycles. The van der Waals surface area contributed by atoms with Gasteiger partial charge in [-0.25, -0.2) is 0 Å². The van der Waals surface area contributed by atoms with Crippen molar-refractivity contribution >= 4 is 12.2 Å². The van der Waals surface area contributed by atoms with E-state index in [1.807, 2.05) is 0 Å². The van der Waals surface area contributed by atoms with E-state index < -0.39 is 18.2 Å². The standard InChI is InChI=1S/C20H25NO4/c22-11-15-3-1-2-4-16(15)18(23)21-17(19(24)25)20-8-12-5-13(9-20)7-14(6-12)10-20/h1-4,11-14,17,19,24-25H,5-10H2,(H,21,23)/t12?,13?,14?,17-,20?/m1/s1. The fraction of sp³-hybridized carbons (Fsp3) is 0.600. The number of aliphatic hydroxyl groups excluding tert-OH is 1. The summed E-state index contributed by atoms with van der Waals surface area (Å²) in [5, 5.41) is 23.0. The molecule has 0 spiro atoms. The highest BCUT2D eigenvalue weighted by Crippen LogP contribution is 2.61. The molecule has 134 valence electrons. The largest absolute Gasteiger partial charge is 0.366 e. The molecular formula is C20H25NO4. The molecule has 4 fully saturated rings. The van der Waals surface area contributed by atoms with Gasteiger partial charge in [0.15, 0.2) is 12.6 Å². The third-order valence-electron chi connectivity index (χ3n) is 6.66. The lowest BCUT2D eigenvalue weighted by molar-refractivity contribution is -0.149. The highest BCUT2D eigenvalue weighted by atomic mass is 16.5. The third kappa shape index (κ3) is 2.89. The van der Waals surface area contributed by atoms with E-state index in [1.54, 1.807) is 24.3 Å². The van der Waals surface area contributed by atoms with Crippen LogP contribution in [0.3, 0.4) is 0 Å². The van der Waals surface area contributed by atoms with Gasteiger partial charge < -0.3 is 15.5 Å². The summed E-state index contributed by atoms with van der Waals surface area (Å²) >= 11 is 0. The van der Waals surface area contributed by atoms with Crippen LogP contribution in [-0.4, -0.2) is 34.7 Å². The Hall–Kier alpha value is -1.72. The summed E-state index contributed by atoms with van der Waals surface area (Å²) in [6, 6.07) is 5.92. The maximum atomic E-state index is 12.7. The molecule has 3 N–H and O–H groups in total. The molecule has 4 aliphatic carbocycles. The summed E-state index contributed by atoms with van der Waals surface area (Å²) in [7, 11) is 0. The number of aldehydes is 1. The smallest absolute Gasteiger partial charge is 0.252 e. The molecule has 0 heterocycles. The molecule has 1 aromatic carbocycles. The summed E-state index contributed by atoms with van der Waals surface area (Å²) < 4.78 is 0. The zero-order valence-electron chi connectivity index (χ0n) is 14.2. The number of benzene rings is 1. The van der Waals surface area contributed by atoms with Crippen LogP contribution >= 0.6 is 0 Å². The molecule has 0 aliphatic heterocycles. The van der Waals surface area contributed by atoms with Crippen molar-refractivity contribution < 1.29 is 19.8 Å². The van der Waals surface area contributed by atoms with Gasteiger partial charge in [0.2, 0.25) is 0 Å². The molecular weight excluding hydrogens is 318 g/mol. The minimum atomic E-state index is -1.59. The number of aliphatic hydroxyl groups is 2. The minimum Gasteiger partial charge on any atom is -0.366 e. The Labute approximate surface area is 147 Å². The summed E-state index contributed by atoms with van der Waals surface area (Å²) in [5.74, 6) is 1.53. The van der Waals surface area contributed by atoms with Crippen LogP contribution in [0.25, 0.3) is 0 Å². The monoisotopic (exact) mass is 343 g/mol. The molecule has 4 bridgehead atoms. The SMILES string of the molecule is O=Cc1ccccc1C(=O)N[C@H](C(O)O)C12CC3CC(CC(C3)C1)C2. The van der Waals surface area contributed by atoms with Gasteiger partial charge in [0.05, 0.1) is 6.04 Å². The van der Waals surface area contributed by atoms with E-state index in [9.17, 15) is 19.8 Å². The van der Waals surface area contributed by atoms with Gasteiger partial charge in [-0.3, -0.25) is 9.59 Å². The maximum Gasteiger partial charge on any atom is 0.252 e. The number of carbonyl (C=O) groups excluding carboxylic acids is 2. The van der Waals surface area contributed by atoms with Gasteiger partial charge in [-0.2, -0.15) is 0 Å². The first-order valence-electron chi connectivity index (χ1n) is 9.22. The summed E-state index contributed by atoms with van der Waals surface area (Å²) in [4.78, 5) is 23.9. The normalized spacial score (nSPS) is 34.1. The first-order valence-corrected chi connectivity index (χ1v) is 9.22. The number of carbonyl (C=O) groups is 2. The van der Waals surface area contributed by atoms with Gasteiger partial charge >= 0.3 is 0 Å². The predicted octanol–water partition coefficient (Wildman–Crippen LogP) is 2.12. The summed E-state index contributed by atoms with van der Waals surface area (Å²) in [6.45, 7) is 0. The molecule has 4 aliphatic rings. The van der Waals surface area contributed by atoms with Crippen LogP contribution in [0.5, 0.6) is 0 Å². The molecule has 25 heavy (non-hydrogen) atoms. The molecule has 5 rings (SSSR count). The Morgan fingerprint density at radius 3 is 2.16 bits per heavy atom. The summed E-state index contributed by atoms with van der Waals surface area (Å²) in [6.07, 6.45) is 5.66. The Morgan fingerprint density at radius 2 is 1.64 bits per heavy atom. The van der Waals surface area contributed by atoms with Crippen molar-refractivity contribution in [2.24, 2.45) is 23.2 Å². The average molecular weight is 343 g/mol. The Bertz CT molecular complexity index is 649. The Morgan fingerprint density at radius 1 is 1.08 bits per heavy atom. The lowest BCUT2D eigenvalue weighted by Gasteiger charge is -2.59. The molecule has 5 heteroatoms. The van der Waals surface area contributed by atoms with Gasteiger partial charge in [0.1, 0.15) is 0 Å². The molecule has 0 radical (unpaired) electrons. The topological polar surface area (TPSA) is 86.6 Å². The van der Waals surface area contributed by atoms with Crippen molar-refractivity contribution in [2.75, 3.05) is 0 Å². The number of nitrogens with one attached hydrogen (secondary N) is 1. The van der Waals surface area contributed by atoms with Gasteiger partial charge in [-0.1, -0.05) is 18.2 Å². The third-order valence-corrected chi connectivity index (χ3v) is 6.66. The molecule has 4 saturated carbocycles. The van der Waals surface area contributed by atoms with E-state index in [2.05, 4.69) is 5.32 Å². The first-order chi connectivity index (χ1) is 12.0. The zero-order valence-corrected chi connectivity index (χ0v) is 14.2. The second kappa shape index (κ2) is 6.22. The maximum absolute atomic E-state index is 12.7. The minimum absolute atomic E-state index is 0.227. The fourth-order valence-electron chi connectivity index (χ4n) is 6.13. The van der Waals surface area contributed by atoms with E-state index in [0.29, 0.717) is 29.6 Å². The quantitative estimate of drug-likeness (QED) is 0.565. The summed E-state index contributed by atoms with van der Waals surface area (Å²) in [5.41, 5.74) is 0.374. The van der Waals surface area contributed by atoms with E-state index in [4.69, 9.17) is 0 Å². The van der Waals surface area contributed by atoms with Crippen LogP contribution < -0.4 is 5.32 Å². The van der Waals surface area contributed by atoms with Crippen molar-refractivity contribution in [1.29, 1.82) is 0 Å². The van der Waals surface area contributed by atoms with E-state index in [0.717, 1.165) is 19.3 Å². The molecule has 1 amide bonds. The van der Waals surface area contributed by atoms with Crippen molar-refractivity contribution in [2.45, 2.75) is 50.9 Å². The van der Waals surface area contributed by atoms with Crippen LogP contribution in [0.4, 0.5) is 0 Å². The average Bonchev–Trinajstić information content (AvgIpc) is 2.57. The molecule has 1 atom stereocenters. The second-order valence-corrected chi connectivity index (χ2v) is 8.35. The van der Waals surface area contributed by atoms with Crippen LogP contribution in [0.1, 0.15) is 59.2 Å². The van der Waals surface area contributed by atoms with Crippen LogP contribution in [0, 0.1) is 23.2 Å². The molecule has 5 nitrogen and oxygen atoms in total. The first kappa shape index (κ1) is 16.7.